The zero-order chi connectivity index (χ0) is 12.3. The highest BCUT2D eigenvalue weighted by atomic mass is 15.0. The molecule has 17 heavy (non-hydrogen) atoms. The molecular weight excluding hydrogens is 210 g/mol. The van der Waals surface area contributed by atoms with E-state index < -0.39 is 0 Å². The second-order valence-electron chi connectivity index (χ2n) is 4.79. The zero-order valence-electron chi connectivity index (χ0n) is 10.7. The topological polar surface area (TPSA) is 45.0 Å². The lowest BCUT2D eigenvalue weighted by Gasteiger charge is -2.08. The lowest BCUT2D eigenvalue weighted by Crippen LogP contribution is -2.14. The Hall–Kier alpha value is -1.32. The van der Waals surface area contributed by atoms with Crippen LogP contribution in [0.3, 0.4) is 0 Å². The Morgan fingerprint density at radius 2 is 2.06 bits per heavy atom. The van der Waals surface area contributed by atoms with E-state index in [1.807, 2.05) is 0 Å². The number of rotatable bonds is 5. The summed E-state index contributed by atoms with van der Waals surface area (Å²) in [6.45, 7) is 1.79. The van der Waals surface area contributed by atoms with Gasteiger partial charge in [0.15, 0.2) is 0 Å². The van der Waals surface area contributed by atoms with Crippen LogP contribution < -0.4 is 5.73 Å². The molecule has 3 N–H and O–H groups in total. The maximum atomic E-state index is 5.60. The SMILES string of the molecule is CN(C)CCc1c[nH]c2ccc(CCN)cc12. The van der Waals surface area contributed by atoms with Crippen molar-refractivity contribution in [2.45, 2.75) is 12.8 Å². The predicted molar refractivity (Wildman–Crippen MR) is 73.3 cm³/mol. The van der Waals surface area contributed by atoms with Crippen LogP contribution in [0.25, 0.3) is 10.9 Å². The number of hydrogen-bond donors (Lipinski definition) is 2. The van der Waals surface area contributed by atoms with Crippen molar-refractivity contribution in [1.29, 1.82) is 0 Å². The molecule has 0 aliphatic rings. The van der Waals surface area contributed by atoms with Gasteiger partial charge >= 0.3 is 0 Å². The van der Waals surface area contributed by atoms with E-state index in [2.05, 4.69) is 48.4 Å². The first-order valence-corrected chi connectivity index (χ1v) is 6.14. The fraction of sp³-hybridized carbons (Fsp3) is 0.429. The molecule has 0 atom stereocenters. The molecule has 0 aliphatic carbocycles. The van der Waals surface area contributed by atoms with Gasteiger partial charge in [0.1, 0.15) is 0 Å². The van der Waals surface area contributed by atoms with Crippen LogP contribution in [0.15, 0.2) is 24.4 Å². The van der Waals surface area contributed by atoms with Gasteiger partial charge in [-0.15, -0.1) is 0 Å². The van der Waals surface area contributed by atoms with Gasteiger partial charge in [0, 0.05) is 23.6 Å². The summed E-state index contributed by atoms with van der Waals surface area (Å²) in [6.07, 6.45) is 4.16. The van der Waals surface area contributed by atoms with Crippen molar-refractivity contribution in [2.75, 3.05) is 27.2 Å². The van der Waals surface area contributed by atoms with E-state index in [4.69, 9.17) is 5.73 Å². The van der Waals surface area contributed by atoms with Crippen molar-refractivity contribution in [3.8, 4) is 0 Å². The predicted octanol–water partition coefficient (Wildman–Crippen LogP) is 1.77. The highest BCUT2D eigenvalue weighted by Gasteiger charge is 2.05. The van der Waals surface area contributed by atoms with E-state index >= 15 is 0 Å². The molecule has 0 aliphatic heterocycles. The minimum atomic E-state index is 0.711. The van der Waals surface area contributed by atoms with Gasteiger partial charge in [0.25, 0.3) is 0 Å². The Labute approximate surface area is 103 Å². The lowest BCUT2D eigenvalue weighted by atomic mass is 10.1. The van der Waals surface area contributed by atoms with Gasteiger partial charge in [-0.05, 0) is 56.7 Å². The molecule has 2 aromatic rings. The third-order valence-corrected chi connectivity index (χ3v) is 3.09. The first-order chi connectivity index (χ1) is 8.20. The Morgan fingerprint density at radius 1 is 1.24 bits per heavy atom. The van der Waals surface area contributed by atoms with Crippen LogP contribution in [0.2, 0.25) is 0 Å². The van der Waals surface area contributed by atoms with E-state index in [1.54, 1.807) is 0 Å². The summed E-state index contributed by atoms with van der Waals surface area (Å²) in [5, 5.41) is 1.35. The standard InChI is InChI=1S/C14H21N3/c1-17(2)8-6-12-10-16-14-4-3-11(5-7-15)9-13(12)14/h3-4,9-10,16H,5-8,15H2,1-2H3. The van der Waals surface area contributed by atoms with Crippen LogP contribution in [0, 0.1) is 0 Å². The third kappa shape index (κ3) is 2.87. The van der Waals surface area contributed by atoms with Crippen molar-refractivity contribution >= 4 is 10.9 Å². The Bertz CT molecular complexity index is 485. The Balaban J connectivity index is 2.26. The summed E-state index contributed by atoms with van der Waals surface area (Å²) >= 11 is 0. The number of aromatic amines is 1. The molecule has 92 valence electrons. The highest BCUT2D eigenvalue weighted by Crippen LogP contribution is 2.20. The number of nitrogens with two attached hydrogens (primary N) is 1. The van der Waals surface area contributed by atoms with E-state index in [9.17, 15) is 0 Å². The molecule has 0 saturated heterocycles. The highest BCUT2D eigenvalue weighted by molar-refractivity contribution is 5.83. The second-order valence-corrected chi connectivity index (χ2v) is 4.79. The van der Waals surface area contributed by atoms with Crippen LogP contribution in [0.1, 0.15) is 11.1 Å². The van der Waals surface area contributed by atoms with Crippen LogP contribution in [0.4, 0.5) is 0 Å². The summed E-state index contributed by atoms with van der Waals surface area (Å²) in [5.74, 6) is 0. The molecule has 0 saturated carbocycles. The number of hydrogen-bond acceptors (Lipinski definition) is 2. The summed E-state index contributed by atoms with van der Waals surface area (Å²) in [5.41, 5.74) is 9.54. The normalized spacial score (nSPS) is 11.5. The van der Waals surface area contributed by atoms with Gasteiger partial charge in [0.05, 0.1) is 0 Å². The molecular formula is C14H21N3. The van der Waals surface area contributed by atoms with Gasteiger partial charge in [0.2, 0.25) is 0 Å². The smallest absolute Gasteiger partial charge is 0.0456 e. The Kier molecular flexibility index (Phi) is 3.82. The molecule has 1 aromatic carbocycles. The maximum absolute atomic E-state index is 5.60. The Morgan fingerprint density at radius 3 is 2.76 bits per heavy atom. The number of nitrogens with zero attached hydrogens (tertiary/aromatic N) is 1. The summed E-state index contributed by atoms with van der Waals surface area (Å²) in [4.78, 5) is 5.54. The van der Waals surface area contributed by atoms with Gasteiger partial charge in [-0.2, -0.15) is 0 Å². The van der Waals surface area contributed by atoms with E-state index in [0.29, 0.717) is 6.54 Å². The molecule has 0 fully saturated rings. The fourth-order valence-corrected chi connectivity index (χ4v) is 2.10. The molecule has 2 rings (SSSR count). The molecule has 1 heterocycles. The minimum Gasteiger partial charge on any atom is -0.361 e. The van der Waals surface area contributed by atoms with Crippen molar-refractivity contribution in [1.82, 2.24) is 9.88 Å². The number of nitrogens with one attached hydrogen (secondary N) is 1. The average Bonchev–Trinajstić information content (AvgIpc) is 2.69. The van der Waals surface area contributed by atoms with Gasteiger partial charge < -0.3 is 15.6 Å². The molecule has 3 heteroatoms. The van der Waals surface area contributed by atoms with Crippen molar-refractivity contribution < 1.29 is 0 Å². The van der Waals surface area contributed by atoms with Crippen molar-refractivity contribution in [2.24, 2.45) is 5.73 Å². The van der Waals surface area contributed by atoms with Crippen LogP contribution in [-0.4, -0.2) is 37.1 Å². The van der Waals surface area contributed by atoms with Crippen LogP contribution in [0.5, 0.6) is 0 Å². The van der Waals surface area contributed by atoms with E-state index in [1.165, 1.54) is 22.0 Å². The molecule has 1 aromatic heterocycles. The van der Waals surface area contributed by atoms with E-state index in [-0.39, 0.29) is 0 Å². The van der Waals surface area contributed by atoms with Crippen LogP contribution >= 0.6 is 0 Å². The quantitative estimate of drug-likeness (QED) is 0.824. The average molecular weight is 231 g/mol. The molecule has 0 unspecified atom stereocenters. The number of aromatic nitrogens is 1. The first kappa shape index (κ1) is 12.1. The molecule has 0 radical (unpaired) electrons. The number of fused-ring (bicyclic) bond motifs is 1. The first-order valence-electron chi connectivity index (χ1n) is 6.14. The van der Waals surface area contributed by atoms with Crippen molar-refractivity contribution in [3.63, 3.8) is 0 Å². The van der Waals surface area contributed by atoms with Gasteiger partial charge in [-0.1, -0.05) is 6.07 Å². The molecule has 0 bridgehead atoms. The number of benzene rings is 1. The summed E-state index contributed by atoms with van der Waals surface area (Å²) in [7, 11) is 4.21. The summed E-state index contributed by atoms with van der Waals surface area (Å²) < 4.78 is 0. The molecule has 3 nitrogen and oxygen atoms in total. The van der Waals surface area contributed by atoms with E-state index in [0.717, 1.165) is 19.4 Å². The lowest BCUT2D eigenvalue weighted by molar-refractivity contribution is 0.414. The largest absolute Gasteiger partial charge is 0.361 e. The zero-order valence-corrected chi connectivity index (χ0v) is 10.7. The molecule has 0 amide bonds. The maximum Gasteiger partial charge on any atom is 0.0456 e. The third-order valence-electron chi connectivity index (χ3n) is 3.09. The van der Waals surface area contributed by atoms with Gasteiger partial charge in [-0.25, -0.2) is 0 Å². The number of likely N-dealkylation sites (N-methyl/N-ethyl adjacent to an activating group) is 1. The summed E-state index contributed by atoms with van der Waals surface area (Å²) in [6, 6.07) is 6.57. The monoisotopic (exact) mass is 231 g/mol. The number of H-pyrrole nitrogens is 1. The molecule has 0 spiro atoms. The second kappa shape index (κ2) is 5.34. The fourth-order valence-electron chi connectivity index (χ4n) is 2.10. The minimum absolute atomic E-state index is 0.711. The van der Waals surface area contributed by atoms with Crippen LogP contribution in [-0.2, 0) is 12.8 Å². The van der Waals surface area contributed by atoms with Crippen molar-refractivity contribution in [3.05, 3.63) is 35.5 Å². The van der Waals surface area contributed by atoms with Gasteiger partial charge in [-0.3, -0.25) is 0 Å².